The van der Waals surface area contributed by atoms with Crippen molar-refractivity contribution < 1.29 is 18.7 Å². The molecular formula is C30H31FN2O3. The van der Waals surface area contributed by atoms with Gasteiger partial charge in [0.05, 0.1) is 6.04 Å². The zero-order chi connectivity index (χ0) is 25.2. The number of nitrogens with one attached hydrogen (secondary N) is 1. The van der Waals surface area contributed by atoms with Gasteiger partial charge in [-0.3, -0.25) is 9.59 Å². The number of aryl methyl sites for hydroxylation is 1. The molecule has 0 saturated heterocycles. The first-order chi connectivity index (χ1) is 17.4. The lowest BCUT2D eigenvalue weighted by Gasteiger charge is -2.38. The number of hydrogen-bond acceptors (Lipinski definition) is 3. The van der Waals surface area contributed by atoms with Crippen molar-refractivity contribution in [1.29, 1.82) is 0 Å². The highest BCUT2D eigenvalue weighted by Gasteiger charge is 2.39. The Kier molecular flexibility index (Phi) is 6.77. The van der Waals surface area contributed by atoms with Crippen molar-refractivity contribution in [2.45, 2.75) is 51.7 Å². The van der Waals surface area contributed by atoms with E-state index in [0.29, 0.717) is 18.7 Å². The van der Waals surface area contributed by atoms with Crippen molar-refractivity contribution in [2.24, 2.45) is 5.92 Å². The second-order valence-corrected chi connectivity index (χ2v) is 9.74. The van der Waals surface area contributed by atoms with Crippen molar-refractivity contribution in [3.05, 3.63) is 94.8 Å². The summed E-state index contributed by atoms with van der Waals surface area (Å²) >= 11 is 0. The molecule has 1 heterocycles. The van der Waals surface area contributed by atoms with E-state index < -0.39 is 6.10 Å². The Morgan fingerprint density at radius 1 is 1.06 bits per heavy atom. The lowest BCUT2D eigenvalue weighted by atomic mass is 9.87. The molecule has 2 aliphatic rings. The highest BCUT2D eigenvalue weighted by atomic mass is 19.1. The zero-order valence-electron chi connectivity index (χ0n) is 20.7. The van der Waals surface area contributed by atoms with Crippen LogP contribution in [0.4, 0.5) is 10.1 Å². The number of ether oxygens (including phenoxy) is 1. The molecule has 3 aromatic carbocycles. The first-order valence-electron chi connectivity index (χ1n) is 12.7. The predicted molar refractivity (Wildman–Crippen MR) is 137 cm³/mol. The van der Waals surface area contributed by atoms with E-state index in [1.165, 1.54) is 12.1 Å². The molecule has 5 rings (SSSR count). The summed E-state index contributed by atoms with van der Waals surface area (Å²) in [6.07, 6.45) is 2.44. The molecule has 0 aromatic heterocycles. The molecule has 2 atom stereocenters. The number of fused-ring (bicyclic) bond motifs is 1. The van der Waals surface area contributed by atoms with Crippen LogP contribution in [0, 0.1) is 18.7 Å². The van der Waals surface area contributed by atoms with Crippen LogP contribution in [-0.4, -0.2) is 29.4 Å². The molecule has 5 nitrogen and oxygen atoms in total. The molecule has 1 N–H and O–H groups in total. The maximum Gasteiger partial charge on any atom is 0.265 e. The molecular weight excluding hydrogens is 455 g/mol. The van der Waals surface area contributed by atoms with Crippen LogP contribution in [0.1, 0.15) is 54.5 Å². The Balaban J connectivity index is 1.42. The van der Waals surface area contributed by atoms with Crippen LogP contribution in [0.3, 0.4) is 0 Å². The molecule has 1 saturated carbocycles. The zero-order valence-corrected chi connectivity index (χ0v) is 20.7. The van der Waals surface area contributed by atoms with Gasteiger partial charge in [-0.15, -0.1) is 0 Å². The van der Waals surface area contributed by atoms with E-state index in [4.69, 9.17) is 4.74 Å². The maximum absolute atomic E-state index is 13.7. The lowest BCUT2D eigenvalue weighted by molar-refractivity contribution is -0.134. The number of carbonyl (C=O) groups is 2. The van der Waals surface area contributed by atoms with Crippen molar-refractivity contribution in [3.63, 3.8) is 0 Å². The summed E-state index contributed by atoms with van der Waals surface area (Å²) in [6.45, 7) is 4.54. The summed E-state index contributed by atoms with van der Waals surface area (Å²) < 4.78 is 19.9. The van der Waals surface area contributed by atoms with Crippen LogP contribution >= 0.6 is 0 Å². The molecule has 0 unspecified atom stereocenters. The van der Waals surface area contributed by atoms with Gasteiger partial charge in [0.1, 0.15) is 11.6 Å². The highest BCUT2D eigenvalue weighted by Crippen LogP contribution is 2.41. The Labute approximate surface area is 211 Å². The van der Waals surface area contributed by atoms with E-state index >= 15 is 0 Å². The average molecular weight is 487 g/mol. The Hall–Kier alpha value is -3.67. The number of rotatable bonds is 7. The molecule has 1 fully saturated rings. The fraction of sp³-hybridized carbons (Fsp3) is 0.333. The number of nitrogens with zero attached hydrogens (tertiary/aromatic N) is 1. The van der Waals surface area contributed by atoms with Gasteiger partial charge in [0.2, 0.25) is 5.91 Å². The van der Waals surface area contributed by atoms with Crippen LogP contribution in [-0.2, 0) is 16.0 Å². The predicted octanol–water partition coefficient (Wildman–Crippen LogP) is 5.81. The number of hydrogen-bond donors (Lipinski definition) is 1. The van der Waals surface area contributed by atoms with Gasteiger partial charge in [-0.2, -0.15) is 0 Å². The average Bonchev–Trinajstić information content (AvgIpc) is 3.74. The summed E-state index contributed by atoms with van der Waals surface area (Å²) in [7, 11) is 0. The van der Waals surface area contributed by atoms with Gasteiger partial charge in [-0.05, 0) is 85.7 Å². The fourth-order valence-electron chi connectivity index (χ4n) is 4.82. The minimum Gasteiger partial charge on any atom is -0.481 e. The summed E-state index contributed by atoms with van der Waals surface area (Å²) in [5.74, 6) is 0.304. The molecule has 6 heteroatoms. The van der Waals surface area contributed by atoms with Crippen LogP contribution in [0.25, 0.3) is 0 Å². The third-order valence-corrected chi connectivity index (χ3v) is 7.00. The topological polar surface area (TPSA) is 58.6 Å². The van der Waals surface area contributed by atoms with Gasteiger partial charge < -0.3 is 15.0 Å². The van der Waals surface area contributed by atoms with Gasteiger partial charge in [-0.1, -0.05) is 42.8 Å². The Morgan fingerprint density at radius 3 is 2.44 bits per heavy atom. The van der Waals surface area contributed by atoms with Crippen molar-refractivity contribution in [3.8, 4) is 5.75 Å². The largest absolute Gasteiger partial charge is 0.481 e. The minimum atomic E-state index is -0.665. The van der Waals surface area contributed by atoms with Crippen LogP contribution in [0.5, 0.6) is 5.75 Å². The van der Waals surface area contributed by atoms with Gasteiger partial charge >= 0.3 is 0 Å². The third-order valence-electron chi connectivity index (χ3n) is 7.00. The van der Waals surface area contributed by atoms with E-state index in [1.54, 1.807) is 12.1 Å². The first-order valence-corrected chi connectivity index (χ1v) is 12.7. The summed E-state index contributed by atoms with van der Waals surface area (Å²) in [6, 6.07) is 19.6. The number of carbonyl (C=O) groups excluding carboxylic acids is 2. The van der Waals surface area contributed by atoms with Crippen LogP contribution < -0.4 is 10.1 Å². The number of anilines is 1. The van der Waals surface area contributed by atoms with Gasteiger partial charge in [0.15, 0.2) is 6.10 Å². The van der Waals surface area contributed by atoms with E-state index in [2.05, 4.69) is 5.32 Å². The fourth-order valence-corrected chi connectivity index (χ4v) is 4.82. The van der Waals surface area contributed by atoms with Crippen molar-refractivity contribution in [2.75, 3.05) is 11.9 Å². The van der Waals surface area contributed by atoms with Crippen LogP contribution in [0.2, 0.25) is 0 Å². The van der Waals surface area contributed by atoms with E-state index in [1.807, 2.05) is 61.2 Å². The van der Waals surface area contributed by atoms with E-state index in [0.717, 1.165) is 47.2 Å². The van der Waals surface area contributed by atoms with Crippen molar-refractivity contribution in [1.82, 2.24) is 4.90 Å². The quantitative estimate of drug-likeness (QED) is 0.458. The molecule has 3 aromatic rings. The van der Waals surface area contributed by atoms with Gasteiger partial charge in [0.25, 0.3) is 5.91 Å². The number of halogens is 1. The maximum atomic E-state index is 13.7. The second kappa shape index (κ2) is 10.1. The van der Waals surface area contributed by atoms with E-state index in [-0.39, 0.29) is 29.6 Å². The standard InChI is InChI=1S/C30H31FN2O3/c1-3-27(29(34)32-24-13-4-19(2)5-14-24)36-25-15-10-20-16-17-33(30(35)22-6-7-22)28(26(20)18-25)21-8-11-23(31)12-9-21/h4-5,8-15,18,22,27-28H,3,6-7,16-17H2,1-2H3,(H,32,34)/t27-,28-/m1/s1. The molecule has 0 radical (unpaired) electrons. The van der Waals surface area contributed by atoms with Gasteiger partial charge in [-0.25, -0.2) is 4.39 Å². The number of amides is 2. The SMILES string of the molecule is CC[C@@H](Oc1ccc2c(c1)[C@@H](c1ccc(F)cc1)N(C(=O)C1CC1)CC2)C(=O)Nc1ccc(C)cc1. The molecule has 0 bridgehead atoms. The lowest BCUT2D eigenvalue weighted by Crippen LogP contribution is -2.41. The number of benzene rings is 3. The summed E-state index contributed by atoms with van der Waals surface area (Å²) in [5.41, 5.74) is 4.81. The normalized spacial score (nSPS) is 17.8. The Bertz CT molecular complexity index is 1250. The van der Waals surface area contributed by atoms with Gasteiger partial charge in [0, 0.05) is 18.2 Å². The molecule has 186 valence electrons. The molecule has 1 aliphatic carbocycles. The minimum absolute atomic E-state index is 0.0869. The monoisotopic (exact) mass is 486 g/mol. The Morgan fingerprint density at radius 2 is 1.78 bits per heavy atom. The molecule has 2 amide bonds. The smallest absolute Gasteiger partial charge is 0.265 e. The third kappa shape index (κ3) is 5.13. The van der Waals surface area contributed by atoms with Crippen LogP contribution in [0.15, 0.2) is 66.7 Å². The van der Waals surface area contributed by atoms with E-state index in [9.17, 15) is 14.0 Å². The highest BCUT2D eigenvalue weighted by molar-refractivity contribution is 5.94. The van der Waals surface area contributed by atoms with Crippen molar-refractivity contribution >= 4 is 17.5 Å². The first kappa shape index (κ1) is 24.0. The molecule has 1 aliphatic heterocycles. The molecule has 0 spiro atoms. The summed E-state index contributed by atoms with van der Waals surface area (Å²) in [5, 5.41) is 2.93. The summed E-state index contributed by atoms with van der Waals surface area (Å²) in [4.78, 5) is 28.0. The second-order valence-electron chi connectivity index (χ2n) is 9.74. The molecule has 36 heavy (non-hydrogen) atoms.